The Bertz CT molecular complexity index is 889. The monoisotopic (exact) mass is 380 g/mol. The van der Waals surface area contributed by atoms with Crippen molar-refractivity contribution in [3.63, 3.8) is 0 Å². The van der Waals surface area contributed by atoms with Gasteiger partial charge in [0.15, 0.2) is 5.78 Å². The molecule has 1 aliphatic heterocycles. The van der Waals surface area contributed by atoms with E-state index in [2.05, 4.69) is 9.88 Å². The molecule has 0 N–H and O–H groups in total. The van der Waals surface area contributed by atoms with Gasteiger partial charge >= 0.3 is 0 Å². The SMILES string of the molecule is COc1ccc([C@H]2CC(=O)c3c(C)nc(N4CCN(C=O)CC4)nc3C2)cc1. The number of carbonyl (C=O) groups excluding carboxylic acids is 2. The molecule has 0 bridgehead atoms. The zero-order valence-electron chi connectivity index (χ0n) is 16.2. The van der Waals surface area contributed by atoms with Crippen molar-refractivity contribution >= 4 is 18.1 Å². The normalized spacial score (nSPS) is 19.4. The van der Waals surface area contributed by atoms with Gasteiger partial charge in [0.2, 0.25) is 12.4 Å². The van der Waals surface area contributed by atoms with Gasteiger partial charge < -0.3 is 14.5 Å². The van der Waals surface area contributed by atoms with Crippen molar-refractivity contribution in [3.05, 3.63) is 46.8 Å². The maximum atomic E-state index is 12.8. The largest absolute Gasteiger partial charge is 0.497 e. The third kappa shape index (κ3) is 3.44. The zero-order chi connectivity index (χ0) is 19.7. The summed E-state index contributed by atoms with van der Waals surface area (Å²) in [6, 6.07) is 7.90. The first-order valence-corrected chi connectivity index (χ1v) is 9.58. The van der Waals surface area contributed by atoms with Crippen LogP contribution in [0.1, 0.15) is 39.6 Å². The number of carbonyl (C=O) groups is 2. The standard InChI is InChI=1S/C21H24N4O3/c1-14-20-18(23-21(22-14)25-9-7-24(13-26)8-10-25)11-16(12-19(20)27)15-3-5-17(28-2)6-4-15/h3-6,13,16H,7-12H2,1-2H3/t16-/m1/s1. The summed E-state index contributed by atoms with van der Waals surface area (Å²) in [6.45, 7) is 4.61. The maximum absolute atomic E-state index is 12.8. The predicted octanol–water partition coefficient (Wildman–Crippen LogP) is 1.98. The summed E-state index contributed by atoms with van der Waals surface area (Å²) in [5.74, 6) is 1.68. The van der Waals surface area contributed by atoms with E-state index in [9.17, 15) is 9.59 Å². The fraction of sp³-hybridized carbons (Fsp3) is 0.429. The molecule has 1 aliphatic carbocycles. The molecule has 1 atom stereocenters. The topological polar surface area (TPSA) is 75.6 Å². The van der Waals surface area contributed by atoms with E-state index in [0.717, 1.165) is 35.5 Å². The summed E-state index contributed by atoms with van der Waals surface area (Å²) in [5, 5.41) is 0. The number of nitrogens with zero attached hydrogens (tertiary/aromatic N) is 4. The molecule has 1 aromatic heterocycles. The first-order valence-electron chi connectivity index (χ1n) is 9.58. The van der Waals surface area contributed by atoms with Gasteiger partial charge in [-0.2, -0.15) is 0 Å². The summed E-state index contributed by atoms with van der Waals surface area (Å²) in [6.07, 6.45) is 2.08. The van der Waals surface area contributed by atoms with Crippen LogP contribution in [-0.2, 0) is 11.2 Å². The molecule has 7 nitrogen and oxygen atoms in total. The Morgan fingerprint density at radius 1 is 1.07 bits per heavy atom. The number of Topliss-reactive ketones (excluding diaryl/α,β-unsaturated/α-hetero) is 1. The van der Waals surface area contributed by atoms with Gasteiger partial charge in [0.25, 0.3) is 0 Å². The van der Waals surface area contributed by atoms with Crippen LogP contribution in [0.4, 0.5) is 5.95 Å². The molecule has 1 saturated heterocycles. The number of hydrogen-bond donors (Lipinski definition) is 0. The quantitative estimate of drug-likeness (QED) is 0.755. The van der Waals surface area contributed by atoms with E-state index in [4.69, 9.17) is 9.72 Å². The number of ether oxygens (including phenoxy) is 1. The van der Waals surface area contributed by atoms with E-state index >= 15 is 0 Å². The van der Waals surface area contributed by atoms with E-state index in [0.29, 0.717) is 44.1 Å². The Morgan fingerprint density at radius 3 is 2.43 bits per heavy atom. The second kappa shape index (κ2) is 7.58. The lowest BCUT2D eigenvalue weighted by Crippen LogP contribution is -2.46. The Kier molecular flexibility index (Phi) is 4.98. The molecule has 1 aromatic carbocycles. The molecule has 146 valence electrons. The molecule has 0 saturated carbocycles. The van der Waals surface area contributed by atoms with Crippen LogP contribution in [0.3, 0.4) is 0 Å². The van der Waals surface area contributed by atoms with Crippen LogP contribution < -0.4 is 9.64 Å². The van der Waals surface area contributed by atoms with Crippen molar-refractivity contribution < 1.29 is 14.3 Å². The average Bonchev–Trinajstić information content (AvgIpc) is 2.73. The molecule has 28 heavy (non-hydrogen) atoms. The van der Waals surface area contributed by atoms with E-state index < -0.39 is 0 Å². The third-order valence-electron chi connectivity index (χ3n) is 5.64. The van der Waals surface area contributed by atoms with E-state index in [1.807, 2.05) is 31.2 Å². The van der Waals surface area contributed by atoms with Gasteiger partial charge in [0.05, 0.1) is 24.1 Å². The molecule has 2 heterocycles. The second-order valence-corrected chi connectivity index (χ2v) is 7.36. The Hall–Kier alpha value is -2.96. The van der Waals surface area contributed by atoms with Gasteiger partial charge in [-0.15, -0.1) is 0 Å². The molecule has 0 radical (unpaired) electrons. The summed E-state index contributed by atoms with van der Waals surface area (Å²) in [5.41, 5.74) is 3.38. The molecule has 4 rings (SSSR count). The highest BCUT2D eigenvalue weighted by Crippen LogP contribution is 2.34. The smallest absolute Gasteiger partial charge is 0.225 e. The zero-order valence-corrected chi connectivity index (χ0v) is 16.2. The number of aromatic nitrogens is 2. The van der Waals surface area contributed by atoms with Crippen LogP contribution in [-0.4, -0.2) is 60.4 Å². The van der Waals surface area contributed by atoms with Crippen molar-refractivity contribution in [3.8, 4) is 5.75 Å². The molecule has 7 heteroatoms. The summed E-state index contributed by atoms with van der Waals surface area (Å²) >= 11 is 0. The molecular weight excluding hydrogens is 356 g/mol. The highest BCUT2D eigenvalue weighted by atomic mass is 16.5. The second-order valence-electron chi connectivity index (χ2n) is 7.36. The van der Waals surface area contributed by atoms with Crippen LogP contribution in [0.2, 0.25) is 0 Å². The van der Waals surface area contributed by atoms with Gasteiger partial charge in [-0.05, 0) is 37.0 Å². The fourth-order valence-corrected chi connectivity index (χ4v) is 4.04. The Morgan fingerprint density at radius 2 is 1.79 bits per heavy atom. The van der Waals surface area contributed by atoms with Gasteiger partial charge in [-0.25, -0.2) is 9.97 Å². The number of piperazine rings is 1. The van der Waals surface area contributed by atoms with Crippen LogP contribution in [0.15, 0.2) is 24.3 Å². The number of anilines is 1. The number of aryl methyl sites for hydroxylation is 1. The minimum absolute atomic E-state index is 0.108. The van der Waals surface area contributed by atoms with Gasteiger partial charge in [-0.3, -0.25) is 9.59 Å². The van der Waals surface area contributed by atoms with Gasteiger partial charge in [-0.1, -0.05) is 12.1 Å². The molecule has 1 amide bonds. The van der Waals surface area contributed by atoms with Crippen LogP contribution in [0, 0.1) is 6.92 Å². The fourth-order valence-electron chi connectivity index (χ4n) is 4.04. The van der Waals surface area contributed by atoms with Gasteiger partial charge in [0, 0.05) is 32.6 Å². The van der Waals surface area contributed by atoms with Crippen molar-refractivity contribution in [2.75, 3.05) is 38.2 Å². The summed E-state index contributed by atoms with van der Waals surface area (Å²) in [7, 11) is 1.64. The lowest BCUT2D eigenvalue weighted by Gasteiger charge is -2.33. The number of methoxy groups -OCH3 is 1. The highest BCUT2D eigenvalue weighted by Gasteiger charge is 2.31. The first-order chi connectivity index (χ1) is 13.6. The van der Waals surface area contributed by atoms with E-state index in [1.165, 1.54) is 0 Å². The minimum atomic E-state index is 0.108. The van der Waals surface area contributed by atoms with E-state index in [-0.39, 0.29) is 11.7 Å². The summed E-state index contributed by atoms with van der Waals surface area (Å²) in [4.78, 5) is 37.0. The minimum Gasteiger partial charge on any atom is -0.497 e. The maximum Gasteiger partial charge on any atom is 0.225 e. The Labute approximate surface area is 164 Å². The number of hydrogen-bond acceptors (Lipinski definition) is 6. The number of rotatable bonds is 4. The highest BCUT2D eigenvalue weighted by molar-refractivity contribution is 5.99. The first kappa shape index (κ1) is 18.4. The van der Waals surface area contributed by atoms with E-state index in [1.54, 1.807) is 12.0 Å². The van der Waals surface area contributed by atoms with Crippen molar-refractivity contribution in [1.82, 2.24) is 14.9 Å². The van der Waals surface area contributed by atoms with Crippen molar-refractivity contribution in [1.29, 1.82) is 0 Å². The van der Waals surface area contributed by atoms with Crippen LogP contribution >= 0.6 is 0 Å². The molecule has 1 fully saturated rings. The molecular formula is C21H24N4O3. The van der Waals surface area contributed by atoms with Crippen LogP contribution in [0.25, 0.3) is 0 Å². The number of ketones is 1. The number of benzene rings is 1. The van der Waals surface area contributed by atoms with Gasteiger partial charge in [0.1, 0.15) is 5.75 Å². The summed E-state index contributed by atoms with van der Waals surface area (Å²) < 4.78 is 5.23. The molecule has 2 aliphatic rings. The molecule has 0 spiro atoms. The molecule has 0 unspecified atom stereocenters. The lowest BCUT2D eigenvalue weighted by molar-refractivity contribution is -0.118. The van der Waals surface area contributed by atoms with Crippen LogP contribution in [0.5, 0.6) is 5.75 Å². The lowest BCUT2D eigenvalue weighted by atomic mass is 9.81. The number of amides is 1. The average molecular weight is 380 g/mol. The molecule has 2 aromatic rings. The van der Waals surface area contributed by atoms with Crippen molar-refractivity contribution in [2.45, 2.75) is 25.7 Å². The Balaban J connectivity index is 1.60. The predicted molar refractivity (Wildman–Crippen MR) is 105 cm³/mol. The third-order valence-corrected chi connectivity index (χ3v) is 5.64. The van der Waals surface area contributed by atoms with Crippen molar-refractivity contribution in [2.24, 2.45) is 0 Å². The number of fused-ring (bicyclic) bond motifs is 1.